The first-order chi connectivity index (χ1) is 13.6. The molecule has 0 fully saturated rings. The second kappa shape index (κ2) is 7.82. The fourth-order valence-corrected chi connectivity index (χ4v) is 3.11. The predicted molar refractivity (Wildman–Crippen MR) is 116 cm³/mol. The molecule has 6 nitrogen and oxygen atoms in total. The maximum Gasteiger partial charge on any atom is 0.208 e. The Morgan fingerprint density at radius 3 is 2.64 bits per heavy atom. The smallest absolute Gasteiger partial charge is 0.208 e. The molecule has 2 aromatic carbocycles. The number of hydrogen-bond donors (Lipinski definition) is 1. The molecule has 4 rings (SSSR count). The Morgan fingerprint density at radius 1 is 1.07 bits per heavy atom. The highest BCUT2D eigenvalue weighted by Crippen LogP contribution is 2.28. The number of pyridine rings is 1. The van der Waals surface area contributed by atoms with Gasteiger partial charge in [0.25, 0.3) is 0 Å². The highest BCUT2D eigenvalue weighted by atomic mass is 79.9. The lowest BCUT2D eigenvalue weighted by molar-refractivity contribution is 0.482. The molecule has 0 spiro atoms. The largest absolute Gasteiger partial charge is 0.457 e. The Labute approximate surface area is 171 Å². The van der Waals surface area contributed by atoms with Crippen LogP contribution in [0.15, 0.2) is 70.3 Å². The zero-order chi connectivity index (χ0) is 19.5. The van der Waals surface area contributed by atoms with E-state index in [0.29, 0.717) is 11.5 Å². The van der Waals surface area contributed by atoms with Gasteiger partial charge in [0, 0.05) is 48.8 Å². The number of rotatable bonds is 5. The number of nitrogens with one attached hydrogen (secondary N) is 1. The van der Waals surface area contributed by atoms with E-state index in [1.54, 1.807) is 19.5 Å². The van der Waals surface area contributed by atoms with Crippen LogP contribution >= 0.6 is 15.9 Å². The van der Waals surface area contributed by atoms with Gasteiger partial charge in [0.15, 0.2) is 0 Å². The van der Waals surface area contributed by atoms with E-state index in [9.17, 15) is 0 Å². The Bertz CT molecular complexity index is 1150. The second-order valence-electron chi connectivity index (χ2n) is 6.18. The van der Waals surface area contributed by atoms with Crippen molar-refractivity contribution in [3.8, 4) is 11.5 Å². The minimum absolute atomic E-state index is 0.702. The van der Waals surface area contributed by atoms with E-state index in [0.717, 1.165) is 32.8 Å². The summed E-state index contributed by atoms with van der Waals surface area (Å²) in [7, 11) is 3.69. The third-order valence-corrected chi connectivity index (χ3v) is 4.73. The molecule has 1 N–H and O–H groups in total. The van der Waals surface area contributed by atoms with Crippen molar-refractivity contribution in [2.24, 2.45) is 12.0 Å². The third kappa shape index (κ3) is 3.89. The van der Waals surface area contributed by atoms with Gasteiger partial charge in [-0.05, 0) is 42.5 Å². The molecular formula is C21H18BrN5O. The summed E-state index contributed by atoms with van der Waals surface area (Å²) in [5.41, 5.74) is 3.59. The van der Waals surface area contributed by atoms with Crippen molar-refractivity contribution in [2.45, 2.75) is 0 Å². The summed E-state index contributed by atoms with van der Waals surface area (Å²) in [6.07, 6.45) is 3.39. The Balaban J connectivity index is 1.60. The van der Waals surface area contributed by atoms with Crippen LogP contribution in [0.2, 0.25) is 0 Å². The van der Waals surface area contributed by atoms with Crippen LogP contribution < -0.4 is 10.1 Å². The van der Waals surface area contributed by atoms with E-state index in [1.807, 2.05) is 66.2 Å². The maximum absolute atomic E-state index is 5.98. The van der Waals surface area contributed by atoms with Gasteiger partial charge in [-0.1, -0.05) is 15.9 Å². The number of halogens is 1. The topological polar surface area (TPSA) is 64.3 Å². The van der Waals surface area contributed by atoms with Crippen LogP contribution in [-0.4, -0.2) is 27.8 Å². The molecule has 2 heterocycles. The summed E-state index contributed by atoms with van der Waals surface area (Å²) in [4.78, 5) is 12.9. The van der Waals surface area contributed by atoms with Gasteiger partial charge in [-0.25, -0.2) is 4.98 Å². The lowest BCUT2D eigenvalue weighted by atomic mass is 10.3. The van der Waals surface area contributed by atoms with E-state index in [-0.39, 0.29) is 0 Å². The zero-order valence-corrected chi connectivity index (χ0v) is 17.0. The van der Waals surface area contributed by atoms with E-state index >= 15 is 0 Å². The summed E-state index contributed by atoms with van der Waals surface area (Å²) in [5, 5.41) is 3.35. The number of aryl methyl sites for hydroxylation is 1. The standard InChI is InChI=1S/C21H18BrN5O/c1-23-13-16-11-18(9-10-24-16)28-17-7-8-20-19(12-17)26-21(27(20)2)25-15-5-3-14(22)4-6-15/h3-13H,1-2H3,(H,25,26). The fourth-order valence-electron chi connectivity index (χ4n) is 2.85. The van der Waals surface area contributed by atoms with Gasteiger partial charge in [-0.15, -0.1) is 0 Å². The van der Waals surface area contributed by atoms with E-state index in [2.05, 4.69) is 31.2 Å². The molecule has 0 aliphatic rings. The minimum Gasteiger partial charge on any atom is -0.457 e. The molecule has 0 aliphatic carbocycles. The molecule has 28 heavy (non-hydrogen) atoms. The van der Waals surface area contributed by atoms with Gasteiger partial charge in [0.2, 0.25) is 5.95 Å². The molecular weight excluding hydrogens is 418 g/mol. The number of imidazole rings is 1. The Hall–Kier alpha value is -3.19. The predicted octanol–water partition coefficient (Wildman–Crippen LogP) is 5.32. The zero-order valence-electron chi connectivity index (χ0n) is 15.4. The van der Waals surface area contributed by atoms with Crippen molar-refractivity contribution in [3.63, 3.8) is 0 Å². The minimum atomic E-state index is 0.702. The SMILES string of the molecule is CN=Cc1cc(Oc2ccc3c(c2)nc(Nc2ccc(Br)cc2)n3C)ccn1. The van der Waals surface area contributed by atoms with Crippen molar-refractivity contribution >= 4 is 44.8 Å². The number of hydrogen-bond acceptors (Lipinski definition) is 5. The number of benzene rings is 2. The summed E-state index contributed by atoms with van der Waals surface area (Å²) in [5.74, 6) is 2.18. The van der Waals surface area contributed by atoms with E-state index in [4.69, 9.17) is 9.72 Å². The monoisotopic (exact) mass is 435 g/mol. The highest BCUT2D eigenvalue weighted by molar-refractivity contribution is 9.10. The van der Waals surface area contributed by atoms with Gasteiger partial charge >= 0.3 is 0 Å². The molecule has 0 saturated carbocycles. The third-order valence-electron chi connectivity index (χ3n) is 4.20. The second-order valence-corrected chi connectivity index (χ2v) is 7.10. The van der Waals surface area contributed by atoms with Crippen LogP contribution in [-0.2, 0) is 7.05 Å². The molecule has 2 aromatic heterocycles. The van der Waals surface area contributed by atoms with Crippen LogP contribution in [0.4, 0.5) is 11.6 Å². The average molecular weight is 436 g/mol. The Kier molecular flexibility index (Phi) is 5.08. The number of aromatic nitrogens is 3. The molecule has 7 heteroatoms. The summed E-state index contributed by atoms with van der Waals surface area (Å²) in [6, 6.07) is 17.5. The summed E-state index contributed by atoms with van der Waals surface area (Å²) >= 11 is 3.45. The molecule has 140 valence electrons. The maximum atomic E-state index is 5.98. The van der Waals surface area contributed by atoms with Crippen molar-refractivity contribution in [2.75, 3.05) is 12.4 Å². The molecule has 0 aliphatic heterocycles. The van der Waals surface area contributed by atoms with Crippen molar-refractivity contribution < 1.29 is 4.74 Å². The van der Waals surface area contributed by atoms with E-state index in [1.165, 1.54) is 0 Å². The van der Waals surface area contributed by atoms with Crippen LogP contribution in [0.3, 0.4) is 0 Å². The fraction of sp³-hybridized carbons (Fsp3) is 0.0952. The van der Waals surface area contributed by atoms with Crippen molar-refractivity contribution in [3.05, 3.63) is 71.0 Å². The van der Waals surface area contributed by atoms with Crippen LogP contribution in [0.5, 0.6) is 11.5 Å². The molecule has 0 unspecified atom stereocenters. The number of nitrogens with zero attached hydrogens (tertiary/aromatic N) is 4. The summed E-state index contributed by atoms with van der Waals surface area (Å²) < 4.78 is 9.03. The van der Waals surface area contributed by atoms with Gasteiger partial charge in [0.1, 0.15) is 11.5 Å². The first-order valence-electron chi connectivity index (χ1n) is 8.67. The number of fused-ring (bicyclic) bond motifs is 1. The molecule has 4 aromatic rings. The van der Waals surface area contributed by atoms with Gasteiger partial charge < -0.3 is 14.6 Å². The number of anilines is 2. The lowest BCUT2D eigenvalue weighted by Gasteiger charge is -2.07. The normalized spacial score (nSPS) is 11.2. The molecule has 0 amide bonds. The van der Waals surface area contributed by atoms with Gasteiger partial charge in [-0.3, -0.25) is 9.98 Å². The lowest BCUT2D eigenvalue weighted by Crippen LogP contribution is -1.98. The van der Waals surface area contributed by atoms with Crippen LogP contribution in [0.1, 0.15) is 5.69 Å². The first-order valence-corrected chi connectivity index (χ1v) is 9.47. The summed E-state index contributed by atoms with van der Waals surface area (Å²) in [6.45, 7) is 0. The molecule has 0 bridgehead atoms. The molecule has 0 saturated heterocycles. The number of aliphatic imine (C=N–C) groups is 1. The Morgan fingerprint density at radius 2 is 1.86 bits per heavy atom. The quantitative estimate of drug-likeness (QED) is 0.431. The number of ether oxygens (including phenoxy) is 1. The molecule has 0 atom stereocenters. The van der Waals surface area contributed by atoms with Crippen LogP contribution in [0, 0.1) is 0 Å². The van der Waals surface area contributed by atoms with Crippen molar-refractivity contribution in [1.82, 2.24) is 14.5 Å². The van der Waals surface area contributed by atoms with E-state index < -0.39 is 0 Å². The van der Waals surface area contributed by atoms with Gasteiger partial charge in [-0.2, -0.15) is 0 Å². The average Bonchev–Trinajstić information content (AvgIpc) is 2.99. The van der Waals surface area contributed by atoms with Gasteiger partial charge in [0.05, 0.1) is 16.7 Å². The first kappa shape index (κ1) is 18.2. The molecule has 0 radical (unpaired) electrons. The van der Waals surface area contributed by atoms with Crippen molar-refractivity contribution in [1.29, 1.82) is 0 Å². The van der Waals surface area contributed by atoms with Crippen LogP contribution in [0.25, 0.3) is 11.0 Å². The highest BCUT2D eigenvalue weighted by Gasteiger charge is 2.10.